The first-order valence-electron chi connectivity index (χ1n) is 4.51. The molecule has 0 aliphatic rings. The Morgan fingerprint density at radius 1 is 1.53 bits per heavy atom. The fourth-order valence-corrected chi connectivity index (χ4v) is 1.63. The minimum absolute atomic E-state index is 0.0744. The van der Waals surface area contributed by atoms with Crippen molar-refractivity contribution in [1.82, 2.24) is 0 Å². The van der Waals surface area contributed by atoms with Crippen molar-refractivity contribution in [3.05, 3.63) is 33.8 Å². The molecule has 0 aliphatic carbocycles. The molecule has 0 atom stereocenters. The highest BCUT2D eigenvalue weighted by molar-refractivity contribution is 6.31. The van der Waals surface area contributed by atoms with Crippen LogP contribution in [0.5, 0.6) is 0 Å². The molecule has 0 spiro atoms. The molecule has 0 saturated heterocycles. The van der Waals surface area contributed by atoms with Gasteiger partial charge in [0.15, 0.2) is 0 Å². The molecule has 0 fully saturated rings. The summed E-state index contributed by atoms with van der Waals surface area (Å²) in [5, 5.41) is 17.8. The highest BCUT2D eigenvalue weighted by atomic mass is 35.5. The molecule has 0 radical (unpaired) electrons. The van der Waals surface area contributed by atoms with E-state index in [9.17, 15) is 4.79 Å². The third-order valence-electron chi connectivity index (χ3n) is 2.13. The van der Waals surface area contributed by atoms with Gasteiger partial charge in [0, 0.05) is 0 Å². The molecule has 1 aromatic rings. The van der Waals surface area contributed by atoms with Crippen LogP contribution in [0.4, 0.5) is 0 Å². The number of halogens is 1. The van der Waals surface area contributed by atoms with E-state index >= 15 is 0 Å². The third-order valence-corrected chi connectivity index (χ3v) is 2.45. The fourth-order valence-electron chi connectivity index (χ4n) is 1.40. The summed E-state index contributed by atoms with van der Waals surface area (Å²) in [5.41, 5.74) is 1.86. The first-order chi connectivity index (χ1) is 7.08. The fraction of sp³-hybridized carbons (Fsp3) is 0.273. The Labute approximate surface area is 92.9 Å². The molecule has 1 aromatic carbocycles. The van der Waals surface area contributed by atoms with Gasteiger partial charge in [-0.25, -0.2) is 0 Å². The number of hydrogen-bond donors (Lipinski definition) is 1. The SMILES string of the molecule is CCc1cc(Cl)c(C#N)cc1CC(=O)O. The zero-order valence-corrected chi connectivity index (χ0v) is 9.01. The Bertz CT molecular complexity index is 435. The number of nitriles is 1. The van der Waals surface area contributed by atoms with E-state index in [0.717, 1.165) is 5.56 Å². The number of nitrogens with zero attached hydrogens (tertiary/aromatic N) is 1. The minimum atomic E-state index is -0.907. The van der Waals surface area contributed by atoms with Crippen molar-refractivity contribution in [3.63, 3.8) is 0 Å². The van der Waals surface area contributed by atoms with Crippen LogP contribution in [0.25, 0.3) is 0 Å². The van der Waals surface area contributed by atoms with Gasteiger partial charge >= 0.3 is 5.97 Å². The van der Waals surface area contributed by atoms with Crippen LogP contribution in [0.1, 0.15) is 23.6 Å². The Morgan fingerprint density at radius 2 is 2.20 bits per heavy atom. The molecule has 0 heterocycles. The molecule has 4 heteroatoms. The molecule has 3 nitrogen and oxygen atoms in total. The largest absolute Gasteiger partial charge is 0.481 e. The van der Waals surface area contributed by atoms with Gasteiger partial charge in [-0.1, -0.05) is 18.5 Å². The highest BCUT2D eigenvalue weighted by Crippen LogP contribution is 2.22. The van der Waals surface area contributed by atoms with E-state index < -0.39 is 5.97 Å². The smallest absolute Gasteiger partial charge is 0.307 e. The standard InChI is InChI=1S/C11H10ClNO2/c1-2-7-4-10(12)9(6-13)3-8(7)5-11(14)15/h3-4H,2,5H2,1H3,(H,14,15). The molecule has 0 bridgehead atoms. The summed E-state index contributed by atoms with van der Waals surface area (Å²) < 4.78 is 0. The Kier molecular flexibility index (Phi) is 3.70. The van der Waals surface area contributed by atoms with Crippen LogP contribution in [0, 0.1) is 11.3 Å². The number of carboxylic acid groups (broad SMARTS) is 1. The topological polar surface area (TPSA) is 61.1 Å². The van der Waals surface area contributed by atoms with Gasteiger partial charge in [-0.05, 0) is 29.7 Å². The van der Waals surface area contributed by atoms with Gasteiger partial charge in [0.2, 0.25) is 0 Å². The molecule has 15 heavy (non-hydrogen) atoms. The van der Waals surface area contributed by atoms with Gasteiger partial charge in [0.05, 0.1) is 17.0 Å². The summed E-state index contributed by atoms with van der Waals surface area (Å²) in [6, 6.07) is 5.15. The lowest BCUT2D eigenvalue weighted by molar-refractivity contribution is -0.136. The van der Waals surface area contributed by atoms with E-state index in [0.29, 0.717) is 22.6 Å². The maximum Gasteiger partial charge on any atom is 0.307 e. The number of aliphatic carboxylic acids is 1. The molecule has 0 saturated carbocycles. The normalized spacial score (nSPS) is 9.67. The number of hydrogen-bond acceptors (Lipinski definition) is 2. The molecule has 1 rings (SSSR count). The van der Waals surface area contributed by atoms with Gasteiger partial charge in [0.1, 0.15) is 6.07 Å². The second-order valence-electron chi connectivity index (χ2n) is 3.14. The summed E-state index contributed by atoms with van der Waals surface area (Å²) in [7, 11) is 0. The van der Waals surface area contributed by atoms with E-state index in [-0.39, 0.29) is 6.42 Å². The Morgan fingerprint density at radius 3 is 2.67 bits per heavy atom. The van der Waals surface area contributed by atoms with Gasteiger partial charge < -0.3 is 5.11 Å². The average Bonchev–Trinajstić information content (AvgIpc) is 2.19. The number of rotatable bonds is 3. The highest BCUT2D eigenvalue weighted by Gasteiger charge is 2.10. The van der Waals surface area contributed by atoms with Crippen LogP contribution in [0.2, 0.25) is 5.02 Å². The predicted octanol–water partition coefficient (Wildman–Crippen LogP) is 2.40. The lowest BCUT2D eigenvalue weighted by Gasteiger charge is -2.07. The molecular formula is C11H10ClNO2. The van der Waals surface area contributed by atoms with Crippen molar-refractivity contribution >= 4 is 17.6 Å². The summed E-state index contributed by atoms with van der Waals surface area (Å²) in [5.74, 6) is -0.907. The zero-order valence-electron chi connectivity index (χ0n) is 8.25. The van der Waals surface area contributed by atoms with E-state index in [1.54, 1.807) is 12.1 Å². The molecule has 0 amide bonds. The monoisotopic (exact) mass is 223 g/mol. The average molecular weight is 224 g/mol. The number of aryl methyl sites for hydroxylation is 1. The van der Waals surface area contributed by atoms with Crippen molar-refractivity contribution < 1.29 is 9.90 Å². The first kappa shape index (κ1) is 11.5. The number of carbonyl (C=O) groups is 1. The van der Waals surface area contributed by atoms with Crippen LogP contribution in [0.15, 0.2) is 12.1 Å². The lowest BCUT2D eigenvalue weighted by Crippen LogP contribution is -2.04. The van der Waals surface area contributed by atoms with Gasteiger partial charge in [-0.2, -0.15) is 5.26 Å². The van der Waals surface area contributed by atoms with Gasteiger partial charge in [-0.3, -0.25) is 4.79 Å². The summed E-state index contributed by atoms with van der Waals surface area (Å²) in [6.45, 7) is 1.92. The van der Waals surface area contributed by atoms with Crippen LogP contribution in [-0.4, -0.2) is 11.1 Å². The maximum absolute atomic E-state index is 10.6. The number of benzene rings is 1. The van der Waals surface area contributed by atoms with Gasteiger partial charge in [-0.15, -0.1) is 0 Å². The van der Waals surface area contributed by atoms with Crippen LogP contribution < -0.4 is 0 Å². The van der Waals surface area contributed by atoms with Crippen molar-refractivity contribution in [1.29, 1.82) is 5.26 Å². The quantitative estimate of drug-likeness (QED) is 0.856. The molecule has 78 valence electrons. The number of carboxylic acids is 1. The van der Waals surface area contributed by atoms with Crippen LogP contribution in [-0.2, 0) is 17.6 Å². The van der Waals surface area contributed by atoms with Crippen LogP contribution in [0.3, 0.4) is 0 Å². The van der Waals surface area contributed by atoms with Crippen molar-refractivity contribution in [2.75, 3.05) is 0 Å². The Hall–Kier alpha value is -1.53. The van der Waals surface area contributed by atoms with Crippen molar-refractivity contribution in [3.8, 4) is 6.07 Å². The van der Waals surface area contributed by atoms with Crippen molar-refractivity contribution in [2.45, 2.75) is 19.8 Å². The predicted molar refractivity (Wildman–Crippen MR) is 56.9 cm³/mol. The first-order valence-corrected chi connectivity index (χ1v) is 4.89. The second-order valence-corrected chi connectivity index (χ2v) is 3.54. The summed E-state index contributed by atoms with van der Waals surface area (Å²) >= 11 is 5.85. The van der Waals surface area contributed by atoms with Gasteiger partial charge in [0.25, 0.3) is 0 Å². The minimum Gasteiger partial charge on any atom is -0.481 e. The van der Waals surface area contributed by atoms with E-state index in [1.807, 2.05) is 13.0 Å². The Balaban J connectivity index is 3.23. The molecular weight excluding hydrogens is 214 g/mol. The third kappa shape index (κ3) is 2.71. The molecule has 0 unspecified atom stereocenters. The van der Waals surface area contributed by atoms with Crippen molar-refractivity contribution in [2.24, 2.45) is 0 Å². The van der Waals surface area contributed by atoms with Crippen LogP contribution >= 0.6 is 11.6 Å². The van der Waals surface area contributed by atoms with E-state index in [1.165, 1.54) is 0 Å². The zero-order chi connectivity index (χ0) is 11.4. The maximum atomic E-state index is 10.6. The second kappa shape index (κ2) is 4.81. The lowest BCUT2D eigenvalue weighted by atomic mass is 10.00. The van der Waals surface area contributed by atoms with E-state index in [4.69, 9.17) is 22.0 Å². The molecule has 1 N–H and O–H groups in total. The summed E-state index contributed by atoms with van der Waals surface area (Å²) in [6.07, 6.45) is 0.628. The van der Waals surface area contributed by atoms with E-state index in [2.05, 4.69) is 0 Å². The molecule has 0 aromatic heterocycles. The summed E-state index contributed by atoms with van der Waals surface area (Å²) in [4.78, 5) is 10.6. The molecule has 0 aliphatic heterocycles.